The normalized spacial score (nSPS) is 21.7. The number of halogens is 6. The molecule has 0 saturated heterocycles. The maximum Gasteiger partial charge on any atom is 0.419 e. The van der Waals surface area contributed by atoms with Gasteiger partial charge in [0.05, 0.1) is 13.2 Å². The number of hydrogen-bond donors (Lipinski definition) is 2. The lowest BCUT2D eigenvalue weighted by Crippen LogP contribution is -2.58. The van der Waals surface area contributed by atoms with Gasteiger partial charge in [-0.25, -0.2) is 23.1 Å². The molecule has 1 aliphatic carbocycles. The highest BCUT2D eigenvalue weighted by Gasteiger charge is 2.64. The summed E-state index contributed by atoms with van der Waals surface area (Å²) in [6, 6.07) is -0.0427. The van der Waals surface area contributed by atoms with Gasteiger partial charge in [0, 0.05) is 28.9 Å². The predicted octanol–water partition coefficient (Wildman–Crippen LogP) is 5.80. The van der Waals surface area contributed by atoms with Crippen LogP contribution in [-0.4, -0.2) is 34.0 Å². The minimum absolute atomic E-state index is 0.0104. The first-order valence-corrected chi connectivity index (χ1v) is 10.7. The molecule has 1 heterocycles. The Morgan fingerprint density at radius 2 is 1.77 bits per heavy atom. The van der Waals surface area contributed by atoms with Crippen LogP contribution in [0.2, 0.25) is 0 Å². The van der Waals surface area contributed by atoms with Crippen molar-refractivity contribution >= 4 is 16.6 Å². The van der Waals surface area contributed by atoms with E-state index in [4.69, 9.17) is 4.74 Å². The van der Waals surface area contributed by atoms with Crippen LogP contribution in [0.4, 0.5) is 32.0 Å². The Kier molecular flexibility index (Phi) is 5.70. The molecule has 1 aromatic heterocycles. The van der Waals surface area contributed by atoms with E-state index < -0.39 is 52.6 Å². The van der Waals surface area contributed by atoms with Crippen LogP contribution in [0.5, 0.6) is 5.75 Å². The van der Waals surface area contributed by atoms with E-state index in [0.29, 0.717) is 6.07 Å². The minimum atomic E-state index is -5.14. The van der Waals surface area contributed by atoms with Gasteiger partial charge in [-0.2, -0.15) is 13.2 Å². The van der Waals surface area contributed by atoms with Gasteiger partial charge in [-0.3, -0.25) is 0 Å². The summed E-state index contributed by atoms with van der Waals surface area (Å²) in [5, 5.41) is 13.6. The second kappa shape index (κ2) is 7.97. The van der Waals surface area contributed by atoms with Crippen LogP contribution in [0.25, 0.3) is 10.9 Å². The molecule has 1 aliphatic rings. The molecule has 0 saturated carbocycles. The molecule has 3 aromatic rings. The van der Waals surface area contributed by atoms with Gasteiger partial charge in [-0.1, -0.05) is 19.9 Å². The number of aliphatic hydroxyl groups is 1. The minimum Gasteiger partial charge on any atom is -0.493 e. The largest absolute Gasteiger partial charge is 0.493 e. The van der Waals surface area contributed by atoms with E-state index in [1.807, 2.05) is 0 Å². The summed E-state index contributed by atoms with van der Waals surface area (Å²) in [4.78, 5) is 7.82. The summed E-state index contributed by atoms with van der Waals surface area (Å²) in [5.41, 5.74) is -5.38. The Bertz CT molecular complexity index is 1340. The Morgan fingerprint density at radius 3 is 2.37 bits per heavy atom. The molecule has 2 N–H and O–H groups in total. The van der Waals surface area contributed by atoms with Gasteiger partial charge in [0.2, 0.25) is 0 Å². The highest BCUT2D eigenvalue weighted by molar-refractivity contribution is 5.91. The molecule has 2 atom stereocenters. The average molecular weight is 499 g/mol. The van der Waals surface area contributed by atoms with Gasteiger partial charge in [0.25, 0.3) is 0 Å². The summed E-state index contributed by atoms with van der Waals surface area (Å²) in [7, 11) is 1.20. The van der Waals surface area contributed by atoms with Crippen LogP contribution in [0.1, 0.15) is 48.8 Å². The molecule has 0 fully saturated rings. The molecule has 0 bridgehead atoms. The van der Waals surface area contributed by atoms with E-state index in [9.17, 15) is 31.4 Å². The molecule has 0 aliphatic heterocycles. The average Bonchev–Trinajstić information content (AvgIpc) is 2.74. The number of nitrogens with zero attached hydrogens (tertiary/aromatic N) is 2. The molecule has 188 valence electrons. The van der Waals surface area contributed by atoms with Crippen molar-refractivity contribution in [1.82, 2.24) is 9.97 Å². The first-order valence-electron chi connectivity index (χ1n) is 10.7. The van der Waals surface area contributed by atoms with Crippen molar-refractivity contribution in [2.24, 2.45) is 0 Å². The zero-order valence-corrected chi connectivity index (χ0v) is 19.5. The Hall–Kier alpha value is -3.08. The summed E-state index contributed by atoms with van der Waals surface area (Å²) in [6.07, 6.45) is -4.85. The van der Waals surface area contributed by atoms with Crippen LogP contribution in [0, 0.1) is 31.3 Å². The topological polar surface area (TPSA) is 67.3 Å². The second-order valence-electron chi connectivity index (χ2n) is 9.46. The predicted molar refractivity (Wildman–Crippen MR) is 117 cm³/mol. The van der Waals surface area contributed by atoms with Gasteiger partial charge < -0.3 is 15.2 Å². The van der Waals surface area contributed by atoms with E-state index in [1.54, 1.807) is 0 Å². The molecule has 2 aromatic carbocycles. The van der Waals surface area contributed by atoms with Crippen LogP contribution >= 0.6 is 0 Å². The van der Waals surface area contributed by atoms with Crippen molar-refractivity contribution in [3.05, 3.63) is 58.3 Å². The molecule has 11 heteroatoms. The number of hydrogen-bond acceptors (Lipinski definition) is 5. The maximum absolute atomic E-state index is 14.9. The fourth-order valence-corrected chi connectivity index (χ4v) is 4.98. The molecule has 0 spiro atoms. The van der Waals surface area contributed by atoms with E-state index >= 15 is 0 Å². The quantitative estimate of drug-likeness (QED) is 0.446. The number of fused-ring (bicyclic) bond motifs is 2. The highest BCUT2D eigenvalue weighted by atomic mass is 19.4. The third kappa shape index (κ3) is 3.76. The second-order valence-corrected chi connectivity index (χ2v) is 9.46. The lowest BCUT2D eigenvalue weighted by atomic mass is 9.63. The van der Waals surface area contributed by atoms with Crippen molar-refractivity contribution in [3.63, 3.8) is 0 Å². The van der Waals surface area contributed by atoms with E-state index in [2.05, 4.69) is 15.3 Å². The zero-order valence-electron chi connectivity index (χ0n) is 19.5. The van der Waals surface area contributed by atoms with Crippen molar-refractivity contribution in [3.8, 4) is 5.75 Å². The van der Waals surface area contributed by atoms with E-state index in [0.717, 1.165) is 6.20 Å². The smallest absolute Gasteiger partial charge is 0.419 e. The van der Waals surface area contributed by atoms with Gasteiger partial charge in [-0.15, -0.1) is 0 Å². The van der Waals surface area contributed by atoms with Crippen molar-refractivity contribution < 1.29 is 36.2 Å². The fraction of sp³-hybridized carbons (Fsp3) is 0.417. The monoisotopic (exact) mass is 499 g/mol. The first-order chi connectivity index (χ1) is 16.1. The number of nitrogens with one attached hydrogen (secondary N) is 1. The molecule has 4 rings (SSSR count). The number of methoxy groups -OCH3 is 1. The van der Waals surface area contributed by atoms with Gasteiger partial charge >= 0.3 is 6.18 Å². The number of anilines is 1. The molecule has 0 amide bonds. The molecular weight excluding hydrogens is 476 g/mol. The molecule has 2 unspecified atom stereocenters. The van der Waals surface area contributed by atoms with Crippen molar-refractivity contribution in [2.75, 3.05) is 12.4 Å². The highest BCUT2D eigenvalue weighted by Crippen LogP contribution is 2.57. The number of rotatable bonds is 3. The summed E-state index contributed by atoms with van der Waals surface area (Å²) >= 11 is 0. The molecular formula is C24H23F6N3O2. The Balaban J connectivity index is 2.04. The third-order valence-electron chi connectivity index (χ3n) is 6.49. The number of aryl methyl sites for hydroxylation is 2. The van der Waals surface area contributed by atoms with Gasteiger partial charge in [0.15, 0.2) is 28.8 Å². The Morgan fingerprint density at radius 1 is 1.11 bits per heavy atom. The van der Waals surface area contributed by atoms with Crippen molar-refractivity contribution in [2.45, 2.75) is 57.3 Å². The molecule has 0 radical (unpaired) electrons. The maximum atomic E-state index is 14.9. The summed E-state index contributed by atoms with van der Waals surface area (Å²) < 4.78 is 92.3. The standard InChI is InChI=1S/C24H23F6N3O2/c1-10-6-12-16(20(35-5)17(10)26)22(3,4)9-23(34,24(28,29)30)21(12)33-15-7-14(25)18(27)19-13(15)8-31-11(2)32-19/h6-8,21,33-34H,9H2,1-5H3. The van der Waals surface area contributed by atoms with E-state index in [1.165, 1.54) is 40.9 Å². The zero-order chi connectivity index (χ0) is 26.1. The first kappa shape index (κ1) is 25.0. The van der Waals surface area contributed by atoms with E-state index in [-0.39, 0.29) is 39.3 Å². The van der Waals surface area contributed by atoms with Crippen LogP contribution in [0.15, 0.2) is 18.3 Å². The fourth-order valence-electron chi connectivity index (χ4n) is 4.98. The number of alkyl halides is 3. The lowest BCUT2D eigenvalue weighted by Gasteiger charge is -2.49. The lowest BCUT2D eigenvalue weighted by molar-refractivity contribution is -0.276. The number of benzene rings is 2. The third-order valence-corrected chi connectivity index (χ3v) is 6.49. The van der Waals surface area contributed by atoms with Gasteiger partial charge in [-0.05, 0) is 36.8 Å². The number of aromatic nitrogens is 2. The number of ether oxygens (including phenoxy) is 1. The van der Waals surface area contributed by atoms with Crippen LogP contribution in [-0.2, 0) is 5.41 Å². The molecule has 35 heavy (non-hydrogen) atoms. The summed E-state index contributed by atoms with van der Waals surface area (Å²) in [5.74, 6) is -3.49. The van der Waals surface area contributed by atoms with Crippen molar-refractivity contribution in [1.29, 1.82) is 0 Å². The van der Waals surface area contributed by atoms with Crippen LogP contribution < -0.4 is 10.1 Å². The van der Waals surface area contributed by atoms with Gasteiger partial charge in [0.1, 0.15) is 11.3 Å². The molecule has 5 nitrogen and oxygen atoms in total. The summed E-state index contributed by atoms with van der Waals surface area (Å²) in [6.45, 7) is 5.69. The Labute approximate surface area is 197 Å². The van der Waals surface area contributed by atoms with Crippen LogP contribution in [0.3, 0.4) is 0 Å². The SMILES string of the molecule is COc1c(F)c(C)cc2c1C(C)(C)CC(O)(C(F)(F)F)C2Nc1cc(F)c(F)c2nc(C)ncc12.